The standard InChI is InChI=1S/C22H26FN3O2S2/c1-4-28-17-7-10-19-20(15-17)30-22(24-19)26(13-12-25(2)3)21(27)11-14-29-18-8-5-16(23)6-9-18/h5-10,15H,4,11-14H2,1-3H3. The minimum atomic E-state index is -0.256. The molecule has 0 atom stereocenters. The Morgan fingerprint density at radius 2 is 1.93 bits per heavy atom. The summed E-state index contributed by atoms with van der Waals surface area (Å²) in [7, 11) is 3.97. The third-order valence-electron chi connectivity index (χ3n) is 4.36. The van der Waals surface area contributed by atoms with Crippen molar-refractivity contribution in [2.75, 3.05) is 44.4 Å². The van der Waals surface area contributed by atoms with Crippen LogP contribution in [-0.2, 0) is 4.79 Å². The molecular weight excluding hydrogens is 421 g/mol. The summed E-state index contributed by atoms with van der Waals surface area (Å²) in [4.78, 5) is 22.5. The topological polar surface area (TPSA) is 45.7 Å². The van der Waals surface area contributed by atoms with Crippen molar-refractivity contribution in [2.45, 2.75) is 18.2 Å². The molecule has 0 aliphatic heterocycles. The fraction of sp³-hybridized carbons (Fsp3) is 0.364. The van der Waals surface area contributed by atoms with E-state index in [1.807, 2.05) is 44.1 Å². The maximum absolute atomic E-state index is 13.0. The van der Waals surface area contributed by atoms with Crippen LogP contribution < -0.4 is 9.64 Å². The van der Waals surface area contributed by atoms with E-state index in [0.717, 1.165) is 27.4 Å². The molecule has 2 aromatic carbocycles. The van der Waals surface area contributed by atoms with E-state index < -0.39 is 0 Å². The fourth-order valence-corrected chi connectivity index (χ4v) is 4.69. The highest BCUT2D eigenvalue weighted by molar-refractivity contribution is 7.99. The predicted molar refractivity (Wildman–Crippen MR) is 123 cm³/mol. The van der Waals surface area contributed by atoms with Gasteiger partial charge in [-0.25, -0.2) is 9.37 Å². The van der Waals surface area contributed by atoms with Gasteiger partial charge in [-0.05, 0) is 63.5 Å². The minimum Gasteiger partial charge on any atom is -0.494 e. The molecule has 0 fully saturated rings. The quantitative estimate of drug-likeness (QED) is 0.413. The van der Waals surface area contributed by atoms with Gasteiger partial charge in [-0.15, -0.1) is 11.8 Å². The Balaban J connectivity index is 1.71. The van der Waals surface area contributed by atoms with Gasteiger partial charge in [0.15, 0.2) is 5.13 Å². The molecule has 0 saturated carbocycles. The second kappa shape index (κ2) is 10.7. The van der Waals surface area contributed by atoms with Crippen molar-refractivity contribution in [1.29, 1.82) is 0 Å². The van der Waals surface area contributed by atoms with Crippen molar-refractivity contribution in [3.05, 3.63) is 48.3 Å². The van der Waals surface area contributed by atoms with Gasteiger partial charge < -0.3 is 9.64 Å². The molecule has 1 amide bonds. The van der Waals surface area contributed by atoms with Crippen LogP contribution in [0.5, 0.6) is 5.75 Å². The Labute approximate surface area is 184 Å². The van der Waals surface area contributed by atoms with Gasteiger partial charge >= 0.3 is 0 Å². The van der Waals surface area contributed by atoms with Crippen LogP contribution >= 0.6 is 23.1 Å². The van der Waals surface area contributed by atoms with Crippen molar-refractivity contribution >= 4 is 44.4 Å². The summed E-state index contributed by atoms with van der Waals surface area (Å²) < 4.78 is 19.6. The number of halogens is 1. The first-order valence-corrected chi connectivity index (χ1v) is 11.6. The molecule has 0 aliphatic rings. The molecule has 0 saturated heterocycles. The first-order valence-electron chi connectivity index (χ1n) is 9.83. The Hall–Kier alpha value is -2.16. The summed E-state index contributed by atoms with van der Waals surface area (Å²) in [6.07, 6.45) is 0.385. The Morgan fingerprint density at radius 1 is 1.17 bits per heavy atom. The molecule has 30 heavy (non-hydrogen) atoms. The summed E-state index contributed by atoms with van der Waals surface area (Å²) in [5.41, 5.74) is 0.863. The van der Waals surface area contributed by atoms with Crippen LogP contribution in [0.2, 0.25) is 0 Å². The number of hydrogen-bond donors (Lipinski definition) is 0. The molecular formula is C22H26FN3O2S2. The first-order chi connectivity index (χ1) is 14.5. The number of thiazole rings is 1. The van der Waals surface area contributed by atoms with Gasteiger partial charge in [0.05, 0.1) is 16.8 Å². The maximum Gasteiger partial charge on any atom is 0.229 e. The summed E-state index contributed by atoms with van der Waals surface area (Å²) >= 11 is 3.05. The third-order valence-corrected chi connectivity index (χ3v) is 6.42. The van der Waals surface area contributed by atoms with E-state index in [1.54, 1.807) is 28.8 Å². The number of carbonyl (C=O) groups is 1. The zero-order chi connectivity index (χ0) is 21.5. The predicted octanol–water partition coefficient (Wildman–Crippen LogP) is 4.91. The highest BCUT2D eigenvalue weighted by atomic mass is 32.2. The molecule has 0 unspecified atom stereocenters. The summed E-state index contributed by atoms with van der Waals surface area (Å²) in [5.74, 6) is 1.22. The smallest absolute Gasteiger partial charge is 0.229 e. The van der Waals surface area contributed by atoms with Crippen LogP contribution in [0.1, 0.15) is 13.3 Å². The van der Waals surface area contributed by atoms with E-state index in [4.69, 9.17) is 9.72 Å². The maximum atomic E-state index is 13.0. The van der Waals surface area contributed by atoms with Crippen molar-refractivity contribution < 1.29 is 13.9 Å². The Morgan fingerprint density at radius 3 is 2.63 bits per heavy atom. The van der Waals surface area contributed by atoms with Crippen molar-refractivity contribution in [3.8, 4) is 5.75 Å². The van der Waals surface area contributed by atoms with E-state index >= 15 is 0 Å². The number of benzene rings is 2. The highest BCUT2D eigenvalue weighted by Gasteiger charge is 2.20. The third kappa shape index (κ3) is 6.17. The molecule has 160 valence electrons. The molecule has 8 heteroatoms. The lowest BCUT2D eigenvalue weighted by Gasteiger charge is -2.22. The van der Waals surface area contributed by atoms with Gasteiger partial charge in [0.2, 0.25) is 5.91 Å². The van der Waals surface area contributed by atoms with Crippen LogP contribution in [0.3, 0.4) is 0 Å². The Kier molecular flexibility index (Phi) is 8.07. The average Bonchev–Trinajstić information content (AvgIpc) is 3.12. The van der Waals surface area contributed by atoms with Gasteiger partial charge in [-0.2, -0.15) is 0 Å². The first kappa shape index (κ1) is 22.5. The van der Waals surface area contributed by atoms with E-state index in [1.165, 1.54) is 23.5 Å². The van der Waals surface area contributed by atoms with Crippen LogP contribution in [0, 0.1) is 5.82 Å². The van der Waals surface area contributed by atoms with Crippen molar-refractivity contribution in [2.24, 2.45) is 0 Å². The van der Waals surface area contributed by atoms with Gasteiger partial charge in [0, 0.05) is 30.2 Å². The number of carbonyl (C=O) groups excluding carboxylic acids is 1. The average molecular weight is 448 g/mol. The second-order valence-corrected chi connectivity index (χ2v) is 9.14. The number of anilines is 1. The van der Waals surface area contributed by atoms with Crippen LogP contribution in [-0.4, -0.2) is 55.3 Å². The Bertz CT molecular complexity index is 976. The number of hydrogen-bond acceptors (Lipinski definition) is 6. The van der Waals surface area contributed by atoms with E-state index in [2.05, 4.69) is 0 Å². The number of amides is 1. The van der Waals surface area contributed by atoms with Crippen LogP contribution in [0.4, 0.5) is 9.52 Å². The van der Waals surface area contributed by atoms with Crippen molar-refractivity contribution in [3.63, 3.8) is 0 Å². The monoisotopic (exact) mass is 447 g/mol. The number of nitrogens with zero attached hydrogens (tertiary/aromatic N) is 3. The molecule has 1 heterocycles. The zero-order valence-corrected chi connectivity index (χ0v) is 19.1. The zero-order valence-electron chi connectivity index (χ0n) is 17.4. The number of rotatable bonds is 10. The van der Waals surface area contributed by atoms with Crippen LogP contribution in [0.15, 0.2) is 47.4 Å². The van der Waals surface area contributed by atoms with E-state index in [9.17, 15) is 9.18 Å². The number of ether oxygens (including phenoxy) is 1. The normalized spacial score (nSPS) is 11.2. The molecule has 0 bridgehead atoms. The molecule has 5 nitrogen and oxygen atoms in total. The number of thioether (sulfide) groups is 1. The van der Waals surface area contributed by atoms with Gasteiger partial charge in [0.25, 0.3) is 0 Å². The van der Waals surface area contributed by atoms with Gasteiger partial charge in [-0.3, -0.25) is 9.69 Å². The largest absolute Gasteiger partial charge is 0.494 e. The molecule has 3 aromatic rings. The van der Waals surface area contributed by atoms with Gasteiger partial charge in [-0.1, -0.05) is 11.3 Å². The summed E-state index contributed by atoms with van der Waals surface area (Å²) in [5, 5.41) is 0.706. The fourth-order valence-electron chi connectivity index (χ4n) is 2.81. The lowest BCUT2D eigenvalue weighted by atomic mass is 10.3. The molecule has 0 spiro atoms. The summed E-state index contributed by atoms with van der Waals surface area (Å²) in [6.45, 7) is 3.88. The molecule has 1 aromatic heterocycles. The molecule has 0 radical (unpaired) electrons. The lowest BCUT2D eigenvalue weighted by molar-refractivity contribution is -0.118. The SMILES string of the molecule is CCOc1ccc2nc(N(CCN(C)C)C(=O)CCSc3ccc(F)cc3)sc2c1. The summed E-state index contributed by atoms with van der Waals surface area (Å²) in [6, 6.07) is 12.1. The number of likely N-dealkylation sites (N-methyl/N-ethyl adjacent to an activating group) is 1. The highest BCUT2D eigenvalue weighted by Crippen LogP contribution is 2.32. The van der Waals surface area contributed by atoms with E-state index in [-0.39, 0.29) is 11.7 Å². The second-order valence-electron chi connectivity index (χ2n) is 6.96. The number of fused-ring (bicyclic) bond motifs is 1. The number of aromatic nitrogens is 1. The minimum absolute atomic E-state index is 0.0375. The van der Waals surface area contributed by atoms with Crippen molar-refractivity contribution in [1.82, 2.24) is 9.88 Å². The molecule has 0 N–H and O–H groups in total. The lowest BCUT2D eigenvalue weighted by Crippen LogP contribution is -2.36. The molecule has 0 aliphatic carbocycles. The van der Waals surface area contributed by atoms with Gasteiger partial charge in [0.1, 0.15) is 11.6 Å². The van der Waals surface area contributed by atoms with Crippen LogP contribution in [0.25, 0.3) is 10.2 Å². The van der Waals surface area contributed by atoms with E-state index in [0.29, 0.717) is 30.5 Å². The molecule has 3 rings (SSSR count).